The first-order chi connectivity index (χ1) is 28.8. The Labute approximate surface area is 343 Å². The minimum atomic E-state index is -5.82. The Morgan fingerprint density at radius 1 is 1.11 bits per heavy atom. The summed E-state index contributed by atoms with van der Waals surface area (Å²) >= 11 is 0. The van der Waals surface area contributed by atoms with Gasteiger partial charge in [-0.1, -0.05) is 28.1 Å². The molecule has 3 rings (SSSR count). The number of phosphoric acid groups is 3. The van der Waals surface area contributed by atoms with Crippen molar-refractivity contribution in [3.8, 4) is 17.6 Å². The zero-order valence-electron chi connectivity index (χ0n) is 31.3. The second kappa shape index (κ2) is 24.5. The molecule has 1 aromatic heterocycles. The van der Waals surface area contributed by atoms with Gasteiger partial charge in [-0.15, -0.1) is 0 Å². The monoisotopic (exact) mass is 924 g/mol. The molecule has 6 atom stereocenters. The van der Waals surface area contributed by atoms with E-state index in [0.717, 1.165) is 10.8 Å². The number of anilines is 1. The van der Waals surface area contributed by atoms with Crippen molar-refractivity contribution in [1.82, 2.24) is 20.2 Å². The number of hydrogen-bond donors (Lipinski definition) is 8. The standard InChI is InChI=1S/C28H39N12O18P3/c29-6-8-34-27(42)18-3-1-5-20(11-18)53-16-24(37-39-32)52-10-9-51-15-23(41)33-7-2-4-19-13-40(28(43)36-26(19)30)25-12-21(54-17-35-38-31)22(56-25)14-55-60(47,48)58-61(49,50)57-59(44,45)46/h1,3,5,11,13,21-22,24-25H,6-10,12,14-17,29H2,(H,33,41)(H,34,42)(H,47,48)(H,49,50)(H2,30,36,43)(H2,44,45,46)/t21-,22?,24?,25+/m1/s1. The minimum absolute atomic E-state index is 0.00613. The quantitative estimate of drug-likeness (QED) is 0.0162. The van der Waals surface area contributed by atoms with Crippen LogP contribution in [0.1, 0.15) is 28.6 Å². The Kier molecular flexibility index (Phi) is 20.2. The Hall–Kier alpha value is -4.97. The summed E-state index contributed by atoms with van der Waals surface area (Å²) in [6, 6.07) is 6.27. The minimum Gasteiger partial charge on any atom is -0.491 e. The molecule has 2 aromatic rings. The van der Waals surface area contributed by atoms with Crippen molar-refractivity contribution in [2.45, 2.75) is 31.1 Å². The average Bonchev–Trinajstić information content (AvgIpc) is 3.58. The van der Waals surface area contributed by atoms with Crippen LogP contribution in [0.2, 0.25) is 0 Å². The molecule has 1 aliphatic heterocycles. The van der Waals surface area contributed by atoms with E-state index >= 15 is 0 Å². The van der Waals surface area contributed by atoms with Crippen LogP contribution in [-0.2, 0) is 50.6 Å². The lowest BCUT2D eigenvalue weighted by Crippen LogP contribution is -2.30. The molecule has 30 nitrogen and oxygen atoms in total. The van der Waals surface area contributed by atoms with Gasteiger partial charge in [-0.05, 0) is 29.3 Å². The van der Waals surface area contributed by atoms with Crippen molar-refractivity contribution in [3.05, 3.63) is 73.0 Å². The molecule has 1 aliphatic rings. The van der Waals surface area contributed by atoms with Gasteiger partial charge in [-0.2, -0.15) is 13.6 Å². The summed E-state index contributed by atoms with van der Waals surface area (Å²) in [7, 11) is -17.0. The maximum Gasteiger partial charge on any atom is 0.490 e. The first kappa shape index (κ1) is 50.4. The van der Waals surface area contributed by atoms with Gasteiger partial charge in [0.25, 0.3) is 5.91 Å². The lowest BCUT2D eigenvalue weighted by Gasteiger charge is -2.21. The highest BCUT2D eigenvalue weighted by Gasteiger charge is 2.43. The van der Waals surface area contributed by atoms with E-state index in [2.05, 4.69) is 60.7 Å². The second-order valence-electron chi connectivity index (χ2n) is 11.6. The molecule has 0 radical (unpaired) electrons. The van der Waals surface area contributed by atoms with Crippen LogP contribution in [0.4, 0.5) is 5.82 Å². The summed E-state index contributed by atoms with van der Waals surface area (Å²) in [5.41, 5.74) is 28.1. The second-order valence-corrected chi connectivity index (χ2v) is 16.0. The third-order valence-electron chi connectivity index (χ3n) is 7.17. The predicted molar refractivity (Wildman–Crippen MR) is 203 cm³/mol. The topological polar surface area (TPSA) is 449 Å². The van der Waals surface area contributed by atoms with E-state index < -0.39 is 79.7 Å². The first-order valence-corrected chi connectivity index (χ1v) is 21.5. The van der Waals surface area contributed by atoms with Gasteiger partial charge >= 0.3 is 29.2 Å². The van der Waals surface area contributed by atoms with Crippen molar-refractivity contribution in [1.29, 1.82) is 0 Å². The highest BCUT2D eigenvalue weighted by molar-refractivity contribution is 7.66. The van der Waals surface area contributed by atoms with E-state index in [4.69, 9.17) is 56.0 Å². The molecule has 61 heavy (non-hydrogen) atoms. The SMILES string of the molecule is [N-]=[N+]=NCO[C@@H]1C[C@@H](n2cc(C#CCNC(=O)COCCOC(COc3cccc(C(=O)NCCN)c3)N=[N+]=[N-])c(N)nc2=O)OC1COP(=O)(O)OP(=O)(O)OP(=O)(O)O. The number of phosphoric ester groups is 1. The van der Waals surface area contributed by atoms with Crippen LogP contribution in [0.25, 0.3) is 20.9 Å². The maximum absolute atomic E-state index is 12.8. The summed E-state index contributed by atoms with van der Waals surface area (Å²) < 4.78 is 75.1. The molecule has 2 amide bonds. The first-order valence-electron chi connectivity index (χ1n) is 17.0. The highest BCUT2D eigenvalue weighted by atomic mass is 31.3. The molecule has 2 heterocycles. The van der Waals surface area contributed by atoms with Gasteiger partial charge in [-0.3, -0.25) is 18.7 Å². The number of rotatable bonds is 25. The molecule has 1 aromatic carbocycles. The number of benzene rings is 1. The van der Waals surface area contributed by atoms with Crippen molar-refractivity contribution in [3.63, 3.8) is 0 Å². The molecule has 33 heteroatoms. The van der Waals surface area contributed by atoms with E-state index in [0.29, 0.717) is 17.9 Å². The van der Waals surface area contributed by atoms with Crippen LogP contribution < -0.4 is 32.5 Å². The number of hydrogen-bond acceptors (Lipinski definition) is 19. The van der Waals surface area contributed by atoms with Crippen LogP contribution in [0.5, 0.6) is 5.75 Å². The molecule has 0 spiro atoms. The fourth-order valence-electron chi connectivity index (χ4n) is 4.70. The zero-order chi connectivity index (χ0) is 45.1. The van der Waals surface area contributed by atoms with Gasteiger partial charge in [-0.25, -0.2) is 18.5 Å². The molecular weight excluding hydrogens is 885 g/mol. The summed E-state index contributed by atoms with van der Waals surface area (Å²) in [4.78, 5) is 82.7. The van der Waals surface area contributed by atoms with Crippen LogP contribution in [-0.4, -0.2) is 119 Å². The number of ether oxygens (including phenoxy) is 5. The molecule has 0 bridgehead atoms. The summed E-state index contributed by atoms with van der Waals surface area (Å²) in [5.74, 6) is 4.34. The number of carbonyl (C=O) groups is 2. The smallest absolute Gasteiger partial charge is 0.490 e. The van der Waals surface area contributed by atoms with Crippen LogP contribution in [0, 0.1) is 11.8 Å². The number of nitrogens with zero attached hydrogens (tertiary/aromatic N) is 8. The molecule has 334 valence electrons. The van der Waals surface area contributed by atoms with Crippen molar-refractivity contribution < 1.29 is 79.7 Å². The van der Waals surface area contributed by atoms with E-state index in [1.165, 1.54) is 6.07 Å². The fraction of sp³-hybridized carbons (Fsp3) is 0.500. The lowest BCUT2D eigenvalue weighted by atomic mass is 10.2. The fourth-order valence-corrected chi connectivity index (χ4v) is 7.73. The molecule has 1 saturated heterocycles. The van der Waals surface area contributed by atoms with Gasteiger partial charge in [0.05, 0.1) is 38.0 Å². The lowest BCUT2D eigenvalue weighted by molar-refractivity contribution is -0.126. The number of nitrogen functional groups attached to an aromatic ring is 1. The molecular formula is C28H39N12O18P3. The van der Waals surface area contributed by atoms with Gasteiger partial charge in [0.1, 0.15) is 43.8 Å². The summed E-state index contributed by atoms with van der Waals surface area (Å²) in [5, 5.41) is 11.8. The Morgan fingerprint density at radius 3 is 2.59 bits per heavy atom. The van der Waals surface area contributed by atoms with Gasteiger partial charge in [0.2, 0.25) is 5.91 Å². The summed E-state index contributed by atoms with van der Waals surface area (Å²) in [6.07, 6.45) is -3.88. The van der Waals surface area contributed by atoms with E-state index in [9.17, 15) is 37.9 Å². The van der Waals surface area contributed by atoms with Gasteiger partial charge < -0.3 is 65.4 Å². The van der Waals surface area contributed by atoms with Gasteiger partial charge in [0, 0.05) is 41.1 Å². The number of nitrogens with one attached hydrogen (secondary N) is 2. The number of aromatic nitrogens is 2. The van der Waals surface area contributed by atoms with Crippen LogP contribution in [0.15, 0.2) is 45.5 Å². The van der Waals surface area contributed by atoms with Crippen molar-refractivity contribution in [2.75, 3.05) is 65.1 Å². The maximum atomic E-state index is 12.8. The summed E-state index contributed by atoms with van der Waals surface area (Å²) in [6.45, 7) is -1.98. The third-order valence-corrected chi connectivity index (χ3v) is 11.0. The Bertz CT molecular complexity index is 2210. The average molecular weight is 925 g/mol. The van der Waals surface area contributed by atoms with E-state index in [1.807, 2.05) is 0 Å². The number of azide groups is 2. The Morgan fingerprint density at radius 2 is 1.89 bits per heavy atom. The van der Waals surface area contributed by atoms with Crippen LogP contribution in [0.3, 0.4) is 0 Å². The molecule has 1 fully saturated rings. The third kappa shape index (κ3) is 18.7. The van der Waals surface area contributed by atoms with E-state index in [-0.39, 0.29) is 56.6 Å². The molecule has 4 unspecified atom stereocenters. The Balaban J connectivity index is 1.51. The number of amides is 2. The predicted octanol–water partition coefficient (Wildman–Crippen LogP) is 0.0141. The number of nitrogens with two attached hydrogens (primary N) is 2. The molecule has 10 N–H and O–H groups in total. The zero-order valence-corrected chi connectivity index (χ0v) is 34.0. The highest BCUT2D eigenvalue weighted by Crippen LogP contribution is 2.66. The normalized spacial score (nSPS) is 18.5. The van der Waals surface area contributed by atoms with Gasteiger partial charge in [0.15, 0.2) is 6.23 Å². The van der Waals surface area contributed by atoms with Crippen molar-refractivity contribution >= 4 is 41.1 Å². The van der Waals surface area contributed by atoms with Crippen LogP contribution >= 0.6 is 23.5 Å². The van der Waals surface area contributed by atoms with Crippen molar-refractivity contribution in [2.24, 2.45) is 16.0 Å². The largest absolute Gasteiger partial charge is 0.491 e. The number of carbonyl (C=O) groups excluding carboxylic acids is 2. The molecule has 0 aliphatic carbocycles. The molecule has 0 saturated carbocycles. The van der Waals surface area contributed by atoms with E-state index in [1.54, 1.807) is 18.2 Å².